The molecule has 3 amide bonds. The molecule has 0 aromatic carbocycles. The van der Waals surface area contributed by atoms with E-state index in [9.17, 15) is 9.59 Å². The summed E-state index contributed by atoms with van der Waals surface area (Å²) in [5.74, 6) is -0.284. The quantitative estimate of drug-likeness (QED) is 0.562. The fraction of sp³-hybridized carbons (Fsp3) is 0.750. The summed E-state index contributed by atoms with van der Waals surface area (Å²) < 4.78 is 0. The van der Waals surface area contributed by atoms with Crippen LogP contribution in [0.4, 0.5) is 4.79 Å². The van der Waals surface area contributed by atoms with Gasteiger partial charge < -0.3 is 16.0 Å². The molecule has 2 rings (SSSR count). The third-order valence-electron chi connectivity index (χ3n) is 2.87. The lowest BCUT2D eigenvalue weighted by Gasteiger charge is -2.31. The summed E-state index contributed by atoms with van der Waals surface area (Å²) in [5.41, 5.74) is 5.22. The van der Waals surface area contributed by atoms with Crippen molar-refractivity contribution in [1.82, 2.24) is 10.2 Å². The molecule has 0 aliphatic carbocycles. The van der Waals surface area contributed by atoms with Gasteiger partial charge in [0.05, 0.1) is 6.04 Å². The van der Waals surface area contributed by atoms with Gasteiger partial charge >= 0.3 is 6.03 Å². The number of fused-ring (bicyclic) bond motifs is 1. The summed E-state index contributed by atoms with van der Waals surface area (Å²) in [6, 6.07) is 0.173. The molecule has 0 radical (unpaired) electrons. The van der Waals surface area contributed by atoms with Crippen molar-refractivity contribution in [3.8, 4) is 0 Å². The number of rotatable bonds is 1. The molecule has 0 spiro atoms. The Morgan fingerprint density at radius 3 is 3.08 bits per heavy atom. The Hall–Kier alpha value is -1.26. The summed E-state index contributed by atoms with van der Waals surface area (Å²) in [4.78, 5) is 23.9. The summed E-state index contributed by atoms with van der Waals surface area (Å²) in [7, 11) is 0. The average Bonchev–Trinajstić information content (AvgIpc) is 2.47. The smallest absolute Gasteiger partial charge is 0.317 e. The van der Waals surface area contributed by atoms with Gasteiger partial charge in [0, 0.05) is 19.0 Å². The fourth-order valence-electron chi connectivity index (χ4n) is 2.08. The Morgan fingerprint density at radius 2 is 2.38 bits per heavy atom. The molecule has 2 aliphatic rings. The summed E-state index contributed by atoms with van der Waals surface area (Å²) in [6.07, 6.45) is 1.42. The topological polar surface area (TPSA) is 75.4 Å². The van der Waals surface area contributed by atoms with Gasteiger partial charge in [-0.1, -0.05) is 0 Å². The van der Waals surface area contributed by atoms with Crippen LogP contribution >= 0.6 is 0 Å². The number of nitrogens with two attached hydrogens (primary N) is 1. The van der Waals surface area contributed by atoms with Crippen LogP contribution in [0.25, 0.3) is 0 Å². The highest BCUT2D eigenvalue weighted by Crippen LogP contribution is 2.24. The Balaban J connectivity index is 2.03. The molecule has 72 valence electrons. The number of nitrogens with one attached hydrogen (secondary N) is 1. The second-order valence-electron chi connectivity index (χ2n) is 3.66. The highest BCUT2D eigenvalue weighted by Gasteiger charge is 2.37. The van der Waals surface area contributed by atoms with Crippen LogP contribution in [-0.4, -0.2) is 36.0 Å². The number of carbonyl (C=O) groups is 2. The Kier molecular flexibility index (Phi) is 1.86. The third kappa shape index (κ3) is 1.34. The molecule has 3 N–H and O–H groups in total. The van der Waals surface area contributed by atoms with Crippen LogP contribution in [0, 0.1) is 5.92 Å². The van der Waals surface area contributed by atoms with E-state index < -0.39 is 0 Å². The van der Waals surface area contributed by atoms with E-state index in [2.05, 4.69) is 5.32 Å². The van der Waals surface area contributed by atoms with E-state index in [1.54, 1.807) is 4.90 Å². The molecule has 2 heterocycles. The second-order valence-corrected chi connectivity index (χ2v) is 3.66. The first-order valence-electron chi connectivity index (χ1n) is 4.52. The van der Waals surface area contributed by atoms with Crippen LogP contribution < -0.4 is 11.1 Å². The fourth-order valence-corrected chi connectivity index (χ4v) is 2.08. The SMILES string of the molecule is NC(=O)C1CCN2C(=O)NCC2C1. The number of urea groups is 1. The van der Waals surface area contributed by atoms with Crippen LogP contribution in [0.5, 0.6) is 0 Å². The first-order valence-corrected chi connectivity index (χ1v) is 4.52. The largest absolute Gasteiger partial charge is 0.369 e. The first kappa shape index (κ1) is 8.34. The molecule has 0 saturated carbocycles. The molecule has 2 aliphatic heterocycles. The van der Waals surface area contributed by atoms with E-state index in [1.165, 1.54) is 0 Å². The minimum atomic E-state index is -0.237. The Labute approximate surface area is 76.3 Å². The lowest BCUT2D eigenvalue weighted by atomic mass is 9.91. The summed E-state index contributed by atoms with van der Waals surface area (Å²) >= 11 is 0. The summed E-state index contributed by atoms with van der Waals surface area (Å²) in [6.45, 7) is 1.31. The van der Waals surface area contributed by atoms with Gasteiger partial charge in [-0.3, -0.25) is 4.79 Å². The molecule has 5 heteroatoms. The molecule has 5 nitrogen and oxygen atoms in total. The minimum Gasteiger partial charge on any atom is -0.369 e. The lowest BCUT2D eigenvalue weighted by molar-refractivity contribution is -0.123. The van der Waals surface area contributed by atoms with Crippen molar-refractivity contribution in [2.24, 2.45) is 11.7 Å². The van der Waals surface area contributed by atoms with Crippen molar-refractivity contribution in [2.75, 3.05) is 13.1 Å². The van der Waals surface area contributed by atoms with Gasteiger partial charge in [0.1, 0.15) is 0 Å². The predicted molar refractivity (Wildman–Crippen MR) is 45.8 cm³/mol. The Bertz CT molecular complexity index is 254. The maximum Gasteiger partial charge on any atom is 0.317 e. The van der Waals surface area contributed by atoms with Gasteiger partial charge in [-0.25, -0.2) is 4.79 Å². The Morgan fingerprint density at radius 1 is 1.62 bits per heavy atom. The van der Waals surface area contributed by atoms with Crippen molar-refractivity contribution in [2.45, 2.75) is 18.9 Å². The number of amides is 3. The number of primary amides is 1. The van der Waals surface area contributed by atoms with Crippen molar-refractivity contribution in [1.29, 1.82) is 0 Å². The van der Waals surface area contributed by atoms with E-state index in [0.29, 0.717) is 25.9 Å². The zero-order valence-electron chi connectivity index (χ0n) is 7.32. The van der Waals surface area contributed by atoms with Gasteiger partial charge in [-0.15, -0.1) is 0 Å². The number of piperidine rings is 1. The standard InChI is InChI=1S/C8H13N3O2/c9-7(12)5-1-2-11-6(3-5)4-10-8(11)13/h5-6H,1-4H2,(H2,9,12)(H,10,13). The van der Waals surface area contributed by atoms with Crippen LogP contribution in [0.3, 0.4) is 0 Å². The normalized spacial score (nSPS) is 32.6. The van der Waals surface area contributed by atoms with Crippen LogP contribution in [0.1, 0.15) is 12.8 Å². The monoisotopic (exact) mass is 183 g/mol. The highest BCUT2D eigenvalue weighted by molar-refractivity contribution is 5.79. The van der Waals surface area contributed by atoms with Gasteiger partial charge in [0.15, 0.2) is 0 Å². The number of nitrogens with zero attached hydrogens (tertiary/aromatic N) is 1. The molecular formula is C8H13N3O2. The van der Waals surface area contributed by atoms with Gasteiger partial charge in [0.25, 0.3) is 0 Å². The second kappa shape index (κ2) is 2.90. The van der Waals surface area contributed by atoms with Crippen molar-refractivity contribution < 1.29 is 9.59 Å². The van der Waals surface area contributed by atoms with Crippen LogP contribution in [-0.2, 0) is 4.79 Å². The van der Waals surface area contributed by atoms with Gasteiger partial charge in [-0.2, -0.15) is 0 Å². The molecule has 0 bridgehead atoms. The van der Waals surface area contributed by atoms with E-state index in [1.807, 2.05) is 0 Å². The third-order valence-corrected chi connectivity index (χ3v) is 2.87. The molecule has 2 unspecified atom stereocenters. The molecule has 0 aromatic rings. The summed E-state index contributed by atoms with van der Waals surface area (Å²) in [5, 5.41) is 2.76. The molecule has 13 heavy (non-hydrogen) atoms. The molecule has 2 fully saturated rings. The maximum absolute atomic E-state index is 11.2. The van der Waals surface area contributed by atoms with E-state index in [0.717, 1.165) is 0 Å². The molecule has 2 saturated heterocycles. The van der Waals surface area contributed by atoms with E-state index >= 15 is 0 Å². The minimum absolute atomic E-state index is 0.00656. The van der Waals surface area contributed by atoms with Crippen molar-refractivity contribution in [3.05, 3.63) is 0 Å². The predicted octanol–water partition coefficient (Wildman–Crippen LogP) is -0.725. The first-order chi connectivity index (χ1) is 6.18. The molecule has 2 atom stereocenters. The van der Waals surface area contributed by atoms with Crippen molar-refractivity contribution >= 4 is 11.9 Å². The lowest BCUT2D eigenvalue weighted by Crippen LogP contribution is -2.44. The van der Waals surface area contributed by atoms with Gasteiger partial charge in [-0.05, 0) is 12.8 Å². The van der Waals surface area contributed by atoms with Crippen LogP contribution in [0.2, 0.25) is 0 Å². The average molecular weight is 183 g/mol. The van der Waals surface area contributed by atoms with Crippen molar-refractivity contribution in [3.63, 3.8) is 0 Å². The number of hydrogen-bond donors (Lipinski definition) is 2. The maximum atomic E-state index is 11.2. The number of carbonyl (C=O) groups excluding carboxylic acids is 2. The zero-order chi connectivity index (χ0) is 9.42. The highest BCUT2D eigenvalue weighted by atomic mass is 16.2. The molecular weight excluding hydrogens is 170 g/mol. The zero-order valence-corrected chi connectivity index (χ0v) is 7.32. The van der Waals surface area contributed by atoms with Crippen LogP contribution in [0.15, 0.2) is 0 Å². The van der Waals surface area contributed by atoms with E-state index in [-0.39, 0.29) is 23.9 Å². The van der Waals surface area contributed by atoms with Gasteiger partial charge in [0.2, 0.25) is 5.91 Å². The van der Waals surface area contributed by atoms with E-state index in [4.69, 9.17) is 5.73 Å². The molecule has 0 aromatic heterocycles. The number of hydrogen-bond acceptors (Lipinski definition) is 2.